The first-order valence-corrected chi connectivity index (χ1v) is 19.5. The van der Waals surface area contributed by atoms with E-state index in [0.29, 0.717) is 16.5 Å². The van der Waals surface area contributed by atoms with Gasteiger partial charge in [-0.3, -0.25) is 0 Å². The molecule has 10 radical (unpaired) electrons. The van der Waals surface area contributed by atoms with E-state index in [2.05, 4.69) is 157 Å². The summed E-state index contributed by atoms with van der Waals surface area (Å²) in [6.07, 6.45) is 0. The van der Waals surface area contributed by atoms with E-state index in [1.165, 1.54) is 16.3 Å². The highest BCUT2D eigenvalue weighted by Gasteiger charge is 2.18. The van der Waals surface area contributed by atoms with Gasteiger partial charge < -0.3 is 9.32 Å². The first kappa shape index (κ1) is 36.5. The molecule has 59 heavy (non-hydrogen) atoms. The fourth-order valence-corrected chi connectivity index (χ4v) is 8.28. The highest BCUT2D eigenvalue weighted by Crippen LogP contribution is 2.40. The second-order valence-electron chi connectivity index (χ2n) is 14.8. The lowest BCUT2D eigenvalue weighted by atomic mass is 9.60. The van der Waals surface area contributed by atoms with Crippen LogP contribution < -0.4 is 32.2 Å². The van der Waals surface area contributed by atoms with E-state index in [9.17, 15) is 0 Å². The normalized spacial score (nSPS) is 11.4. The Morgan fingerprint density at radius 2 is 0.831 bits per heavy atom. The summed E-state index contributed by atoms with van der Waals surface area (Å²) in [7, 11) is 31.5. The van der Waals surface area contributed by atoms with Crippen molar-refractivity contribution in [1.82, 2.24) is 0 Å². The lowest BCUT2D eigenvalue weighted by Crippen LogP contribution is -2.55. The standard InChI is InChI=1S/C52H30B5NO/c53-47-46(48(54)50(56)51(57)49(47)55)35-20-27-39(28-21-35)58(38-25-18-34(19-26-38)41-13-6-11-32-10-4-5-12-40(32)41)37-23-16-31(17-24-37)36-22-29-45-44(30-36)43-15-7-14-42(52(43)59-45)33-8-2-1-3-9-33/h1-30H. The highest BCUT2D eigenvalue weighted by molar-refractivity contribution is 6.68. The SMILES string of the molecule is [B]c1c([B])c([B])c(-c2ccc(N(c3ccc(-c4ccc5oc6c(-c7ccccc7)cccc6c5c4)cc3)c3ccc(-c4cccc5ccccc45)cc3)cc2)c([B])c1[B]. The number of hydrogen-bond donors (Lipinski definition) is 0. The third-order valence-corrected chi connectivity index (χ3v) is 11.4. The van der Waals surface area contributed by atoms with Gasteiger partial charge in [0.15, 0.2) is 0 Å². The molecule has 9 aromatic carbocycles. The fraction of sp³-hybridized carbons (Fsp3) is 0. The molecular formula is C52H30B5NO. The molecule has 2 nitrogen and oxygen atoms in total. The van der Waals surface area contributed by atoms with E-state index in [-0.39, 0.29) is 16.4 Å². The smallest absolute Gasteiger partial charge is 0.143 e. The van der Waals surface area contributed by atoms with Gasteiger partial charge in [0.1, 0.15) is 50.4 Å². The lowest BCUT2D eigenvalue weighted by Gasteiger charge is -2.27. The molecule has 0 N–H and O–H groups in total. The number of anilines is 3. The van der Waals surface area contributed by atoms with Crippen LogP contribution in [0.1, 0.15) is 0 Å². The molecule has 1 heterocycles. The van der Waals surface area contributed by atoms with Crippen molar-refractivity contribution in [2.45, 2.75) is 0 Å². The van der Waals surface area contributed by atoms with Crippen LogP contribution in [0, 0.1) is 0 Å². The molecule has 0 unspecified atom stereocenters. The van der Waals surface area contributed by atoms with Gasteiger partial charge in [0.25, 0.3) is 0 Å². The van der Waals surface area contributed by atoms with Crippen molar-refractivity contribution in [1.29, 1.82) is 0 Å². The summed E-state index contributed by atoms with van der Waals surface area (Å²) < 4.78 is 6.46. The Morgan fingerprint density at radius 1 is 0.339 bits per heavy atom. The minimum absolute atomic E-state index is 0.192. The molecule has 0 amide bonds. The van der Waals surface area contributed by atoms with Crippen LogP contribution in [0.4, 0.5) is 17.1 Å². The van der Waals surface area contributed by atoms with E-state index in [0.717, 1.165) is 72.4 Å². The quantitative estimate of drug-likeness (QED) is 0.152. The second kappa shape index (κ2) is 14.8. The van der Waals surface area contributed by atoms with Crippen LogP contribution in [-0.2, 0) is 0 Å². The highest BCUT2D eigenvalue weighted by atomic mass is 16.3. The molecule has 0 atom stereocenters. The molecule has 0 bridgehead atoms. The first-order chi connectivity index (χ1) is 28.8. The molecule has 0 aliphatic rings. The molecule has 0 saturated heterocycles. The molecule has 10 rings (SSSR count). The molecule has 0 aliphatic carbocycles. The summed E-state index contributed by atoms with van der Waals surface area (Å²) in [5.74, 6) is 0. The van der Waals surface area contributed by atoms with Gasteiger partial charge in [0.2, 0.25) is 0 Å². The van der Waals surface area contributed by atoms with E-state index in [1.807, 2.05) is 30.3 Å². The minimum Gasteiger partial charge on any atom is -0.455 e. The Bertz CT molecular complexity index is 3160. The van der Waals surface area contributed by atoms with Crippen LogP contribution in [0.2, 0.25) is 0 Å². The van der Waals surface area contributed by atoms with Crippen molar-refractivity contribution in [3.8, 4) is 44.5 Å². The van der Waals surface area contributed by atoms with Gasteiger partial charge in [-0.15, -0.1) is 16.4 Å². The topological polar surface area (TPSA) is 16.4 Å². The van der Waals surface area contributed by atoms with Gasteiger partial charge in [-0.1, -0.05) is 144 Å². The van der Waals surface area contributed by atoms with Crippen molar-refractivity contribution in [3.63, 3.8) is 0 Å². The second-order valence-corrected chi connectivity index (χ2v) is 14.8. The zero-order chi connectivity index (χ0) is 40.2. The minimum atomic E-state index is 0.192. The number of hydrogen-bond acceptors (Lipinski definition) is 2. The number of para-hydroxylation sites is 1. The molecule has 0 aliphatic heterocycles. The maximum atomic E-state index is 6.46. The Balaban J connectivity index is 1.04. The molecular weight excluding hydrogens is 709 g/mol. The molecule has 7 heteroatoms. The lowest BCUT2D eigenvalue weighted by molar-refractivity contribution is 0.670. The number of nitrogens with zero attached hydrogens (tertiary/aromatic N) is 1. The first-order valence-electron chi connectivity index (χ1n) is 19.5. The Labute approximate surface area is 350 Å². The summed E-state index contributed by atoms with van der Waals surface area (Å²) >= 11 is 0. The van der Waals surface area contributed by atoms with Gasteiger partial charge in [0.05, 0.1) is 0 Å². The molecule has 0 fully saturated rings. The van der Waals surface area contributed by atoms with Crippen molar-refractivity contribution >= 4 is 116 Å². The Morgan fingerprint density at radius 3 is 1.51 bits per heavy atom. The largest absolute Gasteiger partial charge is 0.455 e. The predicted octanol–water partition coefficient (Wildman–Crippen LogP) is 8.85. The summed E-state index contributed by atoms with van der Waals surface area (Å²) in [4.78, 5) is 2.23. The third kappa shape index (κ3) is 6.39. The average molecular weight is 739 g/mol. The van der Waals surface area contributed by atoms with Crippen LogP contribution in [0.5, 0.6) is 0 Å². The summed E-state index contributed by atoms with van der Waals surface area (Å²) in [6, 6.07) is 63.4. The number of fused-ring (bicyclic) bond motifs is 4. The zero-order valence-electron chi connectivity index (χ0n) is 32.1. The predicted molar refractivity (Wildman–Crippen MR) is 255 cm³/mol. The van der Waals surface area contributed by atoms with Crippen LogP contribution in [0.25, 0.3) is 77.2 Å². The maximum absolute atomic E-state index is 6.46. The van der Waals surface area contributed by atoms with Gasteiger partial charge in [-0.05, 0) is 98.2 Å². The fourth-order valence-electron chi connectivity index (χ4n) is 8.28. The van der Waals surface area contributed by atoms with Crippen molar-refractivity contribution < 1.29 is 4.42 Å². The summed E-state index contributed by atoms with van der Waals surface area (Å²) in [6.45, 7) is 0. The van der Waals surface area contributed by atoms with E-state index in [1.54, 1.807) is 0 Å². The Kier molecular flexibility index (Phi) is 9.18. The summed E-state index contributed by atoms with van der Waals surface area (Å²) in [5.41, 5.74) is 14.0. The number of furan rings is 1. The van der Waals surface area contributed by atoms with Crippen molar-refractivity contribution in [2.24, 2.45) is 0 Å². The molecule has 10 aromatic rings. The third-order valence-electron chi connectivity index (χ3n) is 11.4. The van der Waals surface area contributed by atoms with E-state index >= 15 is 0 Å². The molecule has 1 aromatic heterocycles. The van der Waals surface area contributed by atoms with Gasteiger partial charge in [0, 0.05) is 33.4 Å². The molecule has 0 saturated carbocycles. The van der Waals surface area contributed by atoms with Crippen LogP contribution in [-0.4, -0.2) is 39.2 Å². The van der Waals surface area contributed by atoms with Crippen LogP contribution >= 0.6 is 0 Å². The molecule has 0 spiro atoms. The average Bonchev–Trinajstić information content (AvgIpc) is 3.67. The monoisotopic (exact) mass is 739 g/mol. The maximum Gasteiger partial charge on any atom is 0.143 e. The van der Waals surface area contributed by atoms with E-state index < -0.39 is 0 Å². The Hall–Kier alpha value is -6.84. The number of benzene rings is 9. The summed E-state index contributed by atoms with van der Waals surface area (Å²) in [5, 5.41) is 4.60. The van der Waals surface area contributed by atoms with E-state index in [4.69, 9.17) is 43.6 Å². The number of rotatable bonds is 7. The molecule has 264 valence electrons. The van der Waals surface area contributed by atoms with Crippen molar-refractivity contribution in [2.75, 3.05) is 4.90 Å². The van der Waals surface area contributed by atoms with Crippen LogP contribution in [0.3, 0.4) is 0 Å². The van der Waals surface area contributed by atoms with Gasteiger partial charge in [-0.25, -0.2) is 0 Å². The van der Waals surface area contributed by atoms with Crippen molar-refractivity contribution in [3.05, 3.63) is 182 Å². The zero-order valence-corrected chi connectivity index (χ0v) is 32.1. The van der Waals surface area contributed by atoms with Crippen LogP contribution in [0.15, 0.2) is 186 Å². The van der Waals surface area contributed by atoms with Gasteiger partial charge >= 0.3 is 0 Å². The van der Waals surface area contributed by atoms with Gasteiger partial charge in [-0.2, -0.15) is 0 Å².